The zero-order valence-corrected chi connectivity index (χ0v) is 19.0. The SMILES string of the molecule is Cn1ccnc1S(=O)(=O)NCCOc1ccc2c(c1)C(Cc1ccccc1)C(NC(=O)O)C2. The molecule has 2 atom stereocenters. The first-order valence-corrected chi connectivity index (χ1v) is 12.1. The van der Waals surface area contributed by atoms with E-state index in [-0.39, 0.29) is 30.3 Å². The molecule has 0 radical (unpaired) electrons. The van der Waals surface area contributed by atoms with Crippen LogP contribution in [0.25, 0.3) is 0 Å². The summed E-state index contributed by atoms with van der Waals surface area (Å²) >= 11 is 0. The van der Waals surface area contributed by atoms with Crippen LogP contribution in [-0.4, -0.2) is 48.4 Å². The molecule has 1 amide bonds. The van der Waals surface area contributed by atoms with Crippen LogP contribution in [0.2, 0.25) is 0 Å². The minimum atomic E-state index is -3.72. The van der Waals surface area contributed by atoms with Crippen LogP contribution < -0.4 is 14.8 Å². The lowest BCUT2D eigenvalue weighted by atomic mass is 9.91. The molecule has 0 spiro atoms. The van der Waals surface area contributed by atoms with Crippen LogP contribution in [-0.2, 0) is 29.9 Å². The highest BCUT2D eigenvalue weighted by Crippen LogP contribution is 2.38. The van der Waals surface area contributed by atoms with E-state index in [1.54, 1.807) is 13.2 Å². The predicted molar refractivity (Wildman–Crippen MR) is 122 cm³/mol. The van der Waals surface area contributed by atoms with Crippen molar-refractivity contribution in [1.82, 2.24) is 19.6 Å². The van der Waals surface area contributed by atoms with Gasteiger partial charge in [-0.25, -0.2) is 22.9 Å². The van der Waals surface area contributed by atoms with E-state index >= 15 is 0 Å². The number of ether oxygens (including phenoxy) is 1. The molecular weight excluding hydrogens is 444 g/mol. The van der Waals surface area contributed by atoms with Gasteiger partial charge in [0.15, 0.2) is 0 Å². The van der Waals surface area contributed by atoms with Gasteiger partial charge < -0.3 is 19.7 Å². The summed E-state index contributed by atoms with van der Waals surface area (Å²) in [6, 6.07) is 15.4. The van der Waals surface area contributed by atoms with E-state index in [9.17, 15) is 18.3 Å². The molecular formula is C23H26N4O5S. The molecule has 10 heteroatoms. The van der Waals surface area contributed by atoms with Gasteiger partial charge in [-0.1, -0.05) is 36.4 Å². The number of hydrogen-bond acceptors (Lipinski definition) is 5. The molecule has 1 aliphatic rings. The number of benzene rings is 2. The number of amides is 1. The second kappa shape index (κ2) is 9.63. The van der Waals surface area contributed by atoms with Crippen LogP contribution >= 0.6 is 0 Å². The third-order valence-electron chi connectivity index (χ3n) is 5.73. The monoisotopic (exact) mass is 470 g/mol. The summed E-state index contributed by atoms with van der Waals surface area (Å²) in [5, 5.41) is 11.9. The number of sulfonamides is 1. The Morgan fingerprint density at radius 2 is 2.03 bits per heavy atom. The molecule has 174 valence electrons. The number of carbonyl (C=O) groups is 1. The van der Waals surface area contributed by atoms with Crippen molar-refractivity contribution in [2.24, 2.45) is 7.05 Å². The van der Waals surface area contributed by atoms with Crippen molar-refractivity contribution in [3.63, 3.8) is 0 Å². The van der Waals surface area contributed by atoms with Gasteiger partial charge in [-0.3, -0.25) is 0 Å². The Morgan fingerprint density at radius 1 is 1.24 bits per heavy atom. The Kier molecular flexibility index (Phi) is 6.66. The Morgan fingerprint density at radius 3 is 2.73 bits per heavy atom. The van der Waals surface area contributed by atoms with Crippen LogP contribution in [0.4, 0.5) is 4.79 Å². The molecule has 0 aliphatic heterocycles. The Bertz CT molecular complexity index is 1230. The fraction of sp³-hybridized carbons (Fsp3) is 0.304. The van der Waals surface area contributed by atoms with Crippen molar-refractivity contribution < 1.29 is 23.1 Å². The van der Waals surface area contributed by atoms with Gasteiger partial charge in [-0.05, 0) is 41.7 Å². The van der Waals surface area contributed by atoms with Gasteiger partial charge in [-0.15, -0.1) is 0 Å². The average Bonchev–Trinajstić information content (AvgIpc) is 3.36. The number of carboxylic acid groups (broad SMARTS) is 1. The van der Waals surface area contributed by atoms with E-state index in [0.717, 1.165) is 16.7 Å². The van der Waals surface area contributed by atoms with Crippen LogP contribution in [0, 0.1) is 0 Å². The zero-order valence-electron chi connectivity index (χ0n) is 18.1. The highest BCUT2D eigenvalue weighted by atomic mass is 32.2. The molecule has 1 aliphatic carbocycles. The third-order valence-corrected chi connectivity index (χ3v) is 7.19. The summed E-state index contributed by atoms with van der Waals surface area (Å²) in [5.41, 5.74) is 3.25. The number of fused-ring (bicyclic) bond motifs is 1. The van der Waals surface area contributed by atoms with E-state index in [4.69, 9.17) is 4.74 Å². The average molecular weight is 471 g/mol. The maximum Gasteiger partial charge on any atom is 0.404 e. The van der Waals surface area contributed by atoms with Crippen molar-refractivity contribution >= 4 is 16.1 Å². The number of hydrogen-bond donors (Lipinski definition) is 3. The normalized spacial score (nSPS) is 17.5. The van der Waals surface area contributed by atoms with Crippen LogP contribution in [0.5, 0.6) is 5.75 Å². The molecule has 0 fully saturated rings. The van der Waals surface area contributed by atoms with E-state index in [1.165, 1.54) is 10.8 Å². The second-order valence-corrected chi connectivity index (χ2v) is 9.64. The van der Waals surface area contributed by atoms with Crippen LogP contribution in [0.3, 0.4) is 0 Å². The first-order chi connectivity index (χ1) is 15.8. The molecule has 9 nitrogen and oxygen atoms in total. The lowest BCUT2D eigenvalue weighted by Gasteiger charge is -2.21. The Hall–Kier alpha value is -3.37. The van der Waals surface area contributed by atoms with Gasteiger partial charge in [0.1, 0.15) is 12.4 Å². The summed E-state index contributed by atoms with van der Waals surface area (Å²) in [4.78, 5) is 15.2. The van der Waals surface area contributed by atoms with Crippen molar-refractivity contribution in [1.29, 1.82) is 0 Å². The summed E-state index contributed by atoms with van der Waals surface area (Å²) in [6.07, 6.45) is 3.26. The Labute approximate surface area is 192 Å². The quantitative estimate of drug-likeness (QED) is 0.413. The molecule has 3 N–H and O–H groups in total. The number of nitrogens with zero attached hydrogens (tertiary/aromatic N) is 2. The number of aromatic nitrogens is 2. The predicted octanol–water partition coefficient (Wildman–Crippen LogP) is 2.30. The molecule has 0 bridgehead atoms. The highest BCUT2D eigenvalue weighted by Gasteiger charge is 2.34. The number of imidazole rings is 1. The highest BCUT2D eigenvalue weighted by molar-refractivity contribution is 7.89. The number of rotatable bonds is 9. The third kappa shape index (κ3) is 5.35. The van der Waals surface area contributed by atoms with E-state index in [0.29, 0.717) is 18.6 Å². The first kappa shape index (κ1) is 22.8. The maximum absolute atomic E-state index is 12.3. The minimum Gasteiger partial charge on any atom is -0.492 e. The summed E-state index contributed by atoms with van der Waals surface area (Å²) in [7, 11) is -2.10. The number of nitrogens with one attached hydrogen (secondary N) is 2. The van der Waals surface area contributed by atoms with Crippen LogP contribution in [0.15, 0.2) is 66.1 Å². The van der Waals surface area contributed by atoms with Crippen LogP contribution in [0.1, 0.15) is 22.6 Å². The fourth-order valence-corrected chi connectivity index (χ4v) is 5.36. The van der Waals surface area contributed by atoms with E-state index in [1.807, 2.05) is 48.5 Å². The van der Waals surface area contributed by atoms with Gasteiger partial charge in [-0.2, -0.15) is 0 Å². The Balaban J connectivity index is 1.43. The van der Waals surface area contributed by atoms with Gasteiger partial charge in [0, 0.05) is 37.9 Å². The standard InChI is InChI=1S/C23H26N4O5S/c1-27-11-9-24-22(27)33(30,31)25-10-12-32-18-8-7-17-14-21(26-23(28)29)20(19(17)15-18)13-16-5-3-2-4-6-16/h2-9,11,15,20-21,25-26H,10,12-14H2,1H3,(H,28,29). The minimum absolute atomic E-state index is 0.0241. The van der Waals surface area contributed by atoms with Crippen molar-refractivity contribution in [2.45, 2.75) is 30.0 Å². The largest absolute Gasteiger partial charge is 0.492 e. The zero-order chi connectivity index (χ0) is 23.4. The molecule has 2 unspecified atom stereocenters. The fourth-order valence-electron chi connectivity index (χ4n) is 4.24. The molecule has 0 saturated heterocycles. The van der Waals surface area contributed by atoms with Gasteiger partial charge in [0.05, 0.1) is 0 Å². The van der Waals surface area contributed by atoms with Crippen molar-refractivity contribution in [3.05, 3.63) is 77.6 Å². The molecule has 0 saturated carbocycles. The molecule has 1 aromatic heterocycles. The number of aryl methyl sites for hydroxylation is 1. The van der Waals surface area contributed by atoms with Gasteiger partial charge >= 0.3 is 6.09 Å². The second-order valence-electron chi connectivity index (χ2n) is 7.98. The van der Waals surface area contributed by atoms with Crippen molar-refractivity contribution in [2.75, 3.05) is 13.2 Å². The molecule has 1 heterocycles. The summed E-state index contributed by atoms with van der Waals surface area (Å²) < 4.78 is 34.3. The maximum atomic E-state index is 12.3. The molecule has 4 rings (SSSR count). The van der Waals surface area contributed by atoms with Crippen molar-refractivity contribution in [3.8, 4) is 5.75 Å². The summed E-state index contributed by atoms with van der Waals surface area (Å²) in [6.45, 7) is 0.228. The summed E-state index contributed by atoms with van der Waals surface area (Å²) in [5.74, 6) is 0.586. The topological polar surface area (TPSA) is 123 Å². The van der Waals surface area contributed by atoms with Gasteiger partial charge in [0.2, 0.25) is 5.16 Å². The first-order valence-electron chi connectivity index (χ1n) is 10.6. The smallest absolute Gasteiger partial charge is 0.404 e. The molecule has 3 aromatic rings. The molecule has 33 heavy (non-hydrogen) atoms. The molecule has 2 aromatic carbocycles. The van der Waals surface area contributed by atoms with E-state index in [2.05, 4.69) is 15.0 Å². The lowest BCUT2D eigenvalue weighted by Crippen LogP contribution is -2.37. The van der Waals surface area contributed by atoms with Gasteiger partial charge in [0.25, 0.3) is 10.0 Å². The lowest BCUT2D eigenvalue weighted by molar-refractivity contribution is 0.188. The van der Waals surface area contributed by atoms with E-state index < -0.39 is 16.1 Å².